The summed E-state index contributed by atoms with van der Waals surface area (Å²) in [5.41, 5.74) is 1.30. The number of allylic oxidation sites excluding steroid dienone is 6. The van der Waals surface area contributed by atoms with Crippen LogP contribution >= 0.6 is 0 Å². The second kappa shape index (κ2) is 24.8. The Balaban J connectivity index is 1.68. The lowest BCUT2D eigenvalue weighted by atomic mass is 9.79. The standard InChI is InChI=1S/C50H77NO12/c1-31-17-11-10-12-18-32(2)42(60-8)29-39-21-16-23-50(58,63-39)47(55)48(56)51-24-14-13-22-40(51)49(57)62-43(34(4)27-37-19-15-20-38(28-37)59-7)30-41(52)33(3)26-36(6)45(54)46(61-9)44(53)35(5)25-31/h10-12,17-18,26,31,33-35,37-40,42-43,45-46,54,58H,13-16,19-25,27-30H2,1-9H3/b12-10+,17-11+,32-18+,36-26+/t31-,33-,34-,35-,37?,38+,39+,40+,42+,43+,45-,46+,50-/m1/s1. The van der Waals surface area contributed by atoms with Gasteiger partial charge in [0, 0.05) is 59.0 Å². The molecule has 2 saturated heterocycles. The molecule has 3 fully saturated rings. The maximum Gasteiger partial charge on any atom is 0.329 e. The van der Waals surface area contributed by atoms with E-state index in [9.17, 15) is 34.2 Å². The molecule has 13 atom stereocenters. The summed E-state index contributed by atoms with van der Waals surface area (Å²) >= 11 is 0. The third-order valence-corrected chi connectivity index (χ3v) is 13.9. The van der Waals surface area contributed by atoms with Crippen molar-refractivity contribution in [3.8, 4) is 0 Å². The zero-order chi connectivity index (χ0) is 46.4. The van der Waals surface area contributed by atoms with Crippen LogP contribution in [0.15, 0.2) is 47.6 Å². The van der Waals surface area contributed by atoms with Gasteiger partial charge in [0.2, 0.25) is 5.79 Å². The van der Waals surface area contributed by atoms with Gasteiger partial charge in [-0.2, -0.15) is 0 Å². The molecule has 4 rings (SSSR count). The molecule has 0 aromatic carbocycles. The van der Waals surface area contributed by atoms with Crippen LogP contribution in [0.5, 0.6) is 0 Å². The Bertz CT molecular complexity index is 1690. The van der Waals surface area contributed by atoms with E-state index in [4.69, 9.17) is 23.7 Å². The molecule has 0 aromatic rings. The van der Waals surface area contributed by atoms with Gasteiger partial charge in [0.25, 0.3) is 11.7 Å². The molecule has 2 N–H and O–H groups in total. The number of carbonyl (C=O) groups excluding carboxylic acids is 5. The molecule has 0 aromatic heterocycles. The van der Waals surface area contributed by atoms with Crippen molar-refractivity contribution >= 4 is 29.2 Å². The topological polar surface area (TPSA) is 175 Å². The van der Waals surface area contributed by atoms with Crippen molar-refractivity contribution in [2.24, 2.45) is 29.6 Å². The quantitative estimate of drug-likeness (QED) is 0.160. The Morgan fingerprint density at radius 2 is 1.60 bits per heavy atom. The number of ether oxygens (including phenoxy) is 5. The molecule has 0 radical (unpaired) electrons. The lowest BCUT2D eigenvalue weighted by Gasteiger charge is -2.40. The Hall–Kier alpha value is -3.33. The lowest BCUT2D eigenvalue weighted by Crippen LogP contribution is -2.58. The summed E-state index contributed by atoms with van der Waals surface area (Å²) in [5, 5.41) is 23.1. The van der Waals surface area contributed by atoms with E-state index in [1.165, 1.54) is 12.0 Å². The maximum atomic E-state index is 14.3. The summed E-state index contributed by atoms with van der Waals surface area (Å²) in [7, 11) is 4.69. The second-order valence-corrected chi connectivity index (χ2v) is 19.0. The van der Waals surface area contributed by atoms with Gasteiger partial charge in [0.1, 0.15) is 30.1 Å². The van der Waals surface area contributed by atoms with Crippen LogP contribution in [-0.2, 0) is 47.7 Å². The third-order valence-electron chi connectivity index (χ3n) is 13.9. The molecular formula is C50H77NO12. The molecule has 354 valence electrons. The number of ketones is 3. The second-order valence-electron chi connectivity index (χ2n) is 19.0. The van der Waals surface area contributed by atoms with Gasteiger partial charge in [0.05, 0.1) is 18.3 Å². The highest BCUT2D eigenvalue weighted by atomic mass is 16.6. The number of aliphatic hydroxyl groups excluding tert-OH is 1. The largest absolute Gasteiger partial charge is 0.460 e. The van der Waals surface area contributed by atoms with E-state index in [1.54, 1.807) is 34.1 Å². The molecule has 63 heavy (non-hydrogen) atoms. The molecule has 1 saturated carbocycles. The number of fused-ring (bicyclic) bond motifs is 3. The van der Waals surface area contributed by atoms with Gasteiger partial charge >= 0.3 is 5.97 Å². The minimum Gasteiger partial charge on any atom is -0.460 e. The predicted molar refractivity (Wildman–Crippen MR) is 239 cm³/mol. The van der Waals surface area contributed by atoms with Crippen LogP contribution < -0.4 is 0 Å². The van der Waals surface area contributed by atoms with Crippen molar-refractivity contribution in [1.82, 2.24) is 4.90 Å². The third kappa shape index (κ3) is 14.6. The van der Waals surface area contributed by atoms with Crippen LogP contribution in [-0.4, -0.2) is 121 Å². The number of aliphatic hydroxyl groups is 2. The number of amides is 1. The smallest absolute Gasteiger partial charge is 0.329 e. The Labute approximate surface area is 376 Å². The molecule has 1 aliphatic carbocycles. The van der Waals surface area contributed by atoms with Gasteiger partial charge < -0.3 is 38.8 Å². The van der Waals surface area contributed by atoms with Crippen LogP contribution in [0, 0.1) is 29.6 Å². The number of esters is 1. The van der Waals surface area contributed by atoms with E-state index < -0.39 is 71.8 Å². The summed E-state index contributed by atoms with van der Waals surface area (Å²) < 4.78 is 29.4. The van der Waals surface area contributed by atoms with Gasteiger partial charge in [-0.25, -0.2) is 4.79 Å². The monoisotopic (exact) mass is 884 g/mol. The van der Waals surface area contributed by atoms with Gasteiger partial charge in [-0.15, -0.1) is 0 Å². The van der Waals surface area contributed by atoms with E-state index in [-0.39, 0.29) is 55.3 Å². The first-order valence-electron chi connectivity index (χ1n) is 23.4. The predicted octanol–water partition coefficient (Wildman–Crippen LogP) is 6.96. The first-order valence-corrected chi connectivity index (χ1v) is 23.4. The summed E-state index contributed by atoms with van der Waals surface area (Å²) in [6.45, 7) is 11.2. The highest BCUT2D eigenvalue weighted by Crippen LogP contribution is 2.35. The number of nitrogens with zero attached hydrogens (tertiary/aromatic N) is 1. The van der Waals surface area contributed by atoms with Crippen LogP contribution in [0.1, 0.15) is 131 Å². The zero-order valence-corrected chi connectivity index (χ0v) is 39.4. The molecule has 4 aliphatic rings. The SMILES string of the molecule is CO[C@H]1CCCC(C[C@@H](C)[C@@H]2CC(=O)[C@H](C)/C=C(\C)[C@@H](O)[C@@H](OC)C(=O)[C@H](C)C[C@H](C)/C=C/C=C/C=C(\C)[C@@H](OC)C[C@@H]3CCC[C@@](O)(O3)C(=O)C(=O)N3CCCC[C@H]3C(=O)O2)C1. The Morgan fingerprint density at radius 3 is 2.30 bits per heavy atom. The minimum atomic E-state index is -2.37. The van der Waals surface area contributed by atoms with Crippen molar-refractivity contribution in [2.45, 2.75) is 180 Å². The fourth-order valence-electron chi connectivity index (χ4n) is 9.93. The maximum absolute atomic E-state index is 14.3. The highest BCUT2D eigenvalue weighted by molar-refractivity contribution is 6.39. The Kier molecular flexibility index (Phi) is 20.6. The molecular weight excluding hydrogens is 807 g/mol. The normalized spacial score (nSPS) is 38.9. The summed E-state index contributed by atoms with van der Waals surface area (Å²) in [4.78, 5) is 71.3. The van der Waals surface area contributed by atoms with E-state index in [1.807, 2.05) is 58.1 Å². The number of hydrogen-bond donors (Lipinski definition) is 2. The van der Waals surface area contributed by atoms with E-state index >= 15 is 0 Å². The molecule has 2 bridgehead atoms. The fourth-order valence-corrected chi connectivity index (χ4v) is 9.93. The molecule has 0 spiro atoms. The molecule has 3 aliphatic heterocycles. The van der Waals surface area contributed by atoms with Gasteiger partial charge in [-0.1, -0.05) is 77.0 Å². The van der Waals surface area contributed by atoms with Gasteiger partial charge in [-0.05, 0) is 101 Å². The number of carbonyl (C=O) groups is 5. The molecule has 3 heterocycles. The summed E-state index contributed by atoms with van der Waals surface area (Å²) in [6, 6.07) is -1.09. The summed E-state index contributed by atoms with van der Waals surface area (Å²) in [5.74, 6) is -6.69. The van der Waals surface area contributed by atoms with E-state index in [0.29, 0.717) is 56.4 Å². The van der Waals surface area contributed by atoms with Crippen molar-refractivity contribution < 1.29 is 57.9 Å². The number of methoxy groups -OCH3 is 3. The summed E-state index contributed by atoms with van der Waals surface area (Å²) in [6.07, 6.45) is 14.7. The molecule has 1 amide bonds. The molecule has 13 heteroatoms. The van der Waals surface area contributed by atoms with E-state index in [2.05, 4.69) is 0 Å². The lowest BCUT2D eigenvalue weighted by molar-refractivity contribution is -0.245. The van der Waals surface area contributed by atoms with Crippen LogP contribution in [0.4, 0.5) is 0 Å². The van der Waals surface area contributed by atoms with E-state index in [0.717, 1.165) is 31.3 Å². The fraction of sp³-hybridized carbons (Fsp3) is 0.740. The highest BCUT2D eigenvalue weighted by Gasteiger charge is 2.49. The number of piperidine rings is 1. The van der Waals surface area contributed by atoms with Gasteiger partial charge in [0.15, 0.2) is 5.78 Å². The molecule has 13 nitrogen and oxygen atoms in total. The molecule has 1 unspecified atom stereocenters. The number of cyclic esters (lactones) is 1. The average molecular weight is 884 g/mol. The number of Topliss-reactive ketones (excluding diaryl/α,β-unsaturated/α-hetero) is 3. The number of rotatable bonds is 6. The van der Waals surface area contributed by atoms with Crippen LogP contribution in [0.25, 0.3) is 0 Å². The zero-order valence-electron chi connectivity index (χ0n) is 39.4. The average Bonchev–Trinajstić information content (AvgIpc) is 3.26. The first kappa shape index (κ1) is 52.3. The minimum absolute atomic E-state index is 0.0341. The first-order chi connectivity index (χ1) is 29.9. The van der Waals surface area contributed by atoms with Gasteiger partial charge in [-0.3, -0.25) is 19.2 Å². The van der Waals surface area contributed by atoms with Crippen molar-refractivity contribution in [3.05, 3.63) is 47.6 Å². The van der Waals surface area contributed by atoms with Crippen LogP contribution in [0.2, 0.25) is 0 Å². The number of hydrogen-bond acceptors (Lipinski definition) is 12. The van der Waals surface area contributed by atoms with Crippen molar-refractivity contribution in [3.63, 3.8) is 0 Å². The Morgan fingerprint density at radius 1 is 0.857 bits per heavy atom. The van der Waals surface area contributed by atoms with Crippen LogP contribution in [0.3, 0.4) is 0 Å². The van der Waals surface area contributed by atoms with Crippen molar-refractivity contribution in [2.75, 3.05) is 27.9 Å². The van der Waals surface area contributed by atoms with Crippen molar-refractivity contribution in [1.29, 1.82) is 0 Å².